The molecule has 0 saturated heterocycles. The van der Waals surface area contributed by atoms with Gasteiger partial charge in [-0.25, -0.2) is 9.59 Å². The Kier molecular flexibility index (Phi) is 7.23. The van der Waals surface area contributed by atoms with Gasteiger partial charge in [-0.1, -0.05) is 12.1 Å². The summed E-state index contributed by atoms with van der Waals surface area (Å²) in [6, 6.07) is 10.3. The Morgan fingerprint density at radius 1 is 0.963 bits per heavy atom. The van der Waals surface area contributed by atoms with Crippen molar-refractivity contribution in [1.29, 1.82) is 0 Å². The van der Waals surface area contributed by atoms with E-state index in [0.717, 1.165) is 16.9 Å². The summed E-state index contributed by atoms with van der Waals surface area (Å²) in [5.41, 5.74) is 4.39. The Balaban J connectivity index is 1.78. The van der Waals surface area contributed by atoms with Crippen LogP contribution in [0.4, 0.5) is 10.5 Å². The summed E-state index contributed by atoms with van der Waals surface area (Å²) in [5, 5.41) is 5.46. The average molecular weight is 370 g/mol. The van der Waals surface area contributed by atoms with Crippen molar-refractivity contribution in [2.75, 3.05) is 25.1 Å². The van der Waals surface area contributed by atoms with Gasteiger partial charge in [0.1, 0.15) is 12.4 Å². The van der Waals surface area contributed by atoms with Crippen LogP contribution in [0.2, 0.25) is 0 Å². The molecule has 0 aliphatic carbocycles. The van der Waals surface area contributed by atoms with Crippen LogP contribution in [0.15, 0.2) is 36.4 Å². The number of benzene rings is 2. The highest BCUT2D eigenvalue weighted by atomic mass is 16.5. The van der Waals surface area contributed by atoms with Gasteiger partial charge in [0, 0.05) is 5.69 Å². The first kappa shape index (κ1) is 20.3. The van der Waals surface area contributed by atoms with Crippen molar-refractivity contribution < 1.29 is 19.1 Å². The lowest BCUT2D eigenvalue weighted by molar-refractivity contribution is 0.0526. The van der Waals surface area contributed by atoms with Gasteiger partial charge in [0.25, 0.3) is 0 Å². The molecule has 0 radical (unpaired) electrons. The van der Waals surface area contributed by atoms with E-state index in [4.69, 9.17) is 9.47 Å². The number of rotatable bonds is 7. The molecule has 0 saturated carbocycles. The fourth-order valence-electron chi connectivity index (χ4n) is 2.54. The van der Waals surface area contributed by atoms with E-state index in [9.17, 15) is 9.59 Å². The third-order valence-corrected chi connectivity index (χ3v) is 4.16. The van der Waals surface area contributed by atoms with E-state index in [0.29, 0.717) is 31.0 Å². The van der Waals surface area contributed by atoms with Crippen LogP contribution in [0.5, 0.6) is 5.75 Å². The molecule has 0 aliphatic rings. The molecule has 144 valence electrons. The molecule has 0 aromatic heterocycles. The molecule has 0 spiro atoms. The van der Waals surface area contributed by atoms with Gasteiger partial charge in [-0.05, 0) is 68.7 Å². The molecule has 2 aromatic carbocycles. The van der Waals surface area contributed by atoms with Crippen molar-refractivity contribution in [2.24, 2.45) is 0 Å². The third-order valence-electron chi connectivity index (χ3n) is 4.16. The Hall–Kier alpha value is -3.02. The van der Waals surface area contributed by atoms with Gasteiger partial charge in [-0.2, -0.15) is 0 Å². The minimum absolute atomic E-state index is 0.324. The number of aryl methyl sites for hydroxylation is 2. The maximum Gasteiger partial charge on any atom is 0.338 e. The lowest BCUT2D eigenvalue weighted by Crippen LogP contribution is -2.32. The van der Waals surface area contributed by atoms with Crippen LogP contribution >= 0.6 is 0 Å². The van der Waals surface area contributed by atoms with Crippen molar-refractivity contribution in [3.05, 3.63) is 58.7 Å². The zero-order valence-corrected chi connectivity index (χ0v) is 16.2. The number of carbonyl (C=O) groups excluding carboxylic acids is 2. The minimum Gasteiger partial charge on any atom is -0.491 e. The normalized spacial score (nSPS) is 10.2. The van der Waals surface area contributed by atoms with Crippen LogP contribution in [0, 0.1) is 20.8 Å². The average Bonchev–Trinajstić information content (AvgIpc) is 2.65. The third kappa shape index (κ3) is 5.74. The SMILES string of the molecule is CCOC(=O)c1ccc(NC(=O)NCCOc2c(C)ccc(C)c2C)cc1. The molecule has 6 nitrogen and oxygen atoms in total. The van der Waals surface area contributed by atoms with E-state index >= 15 is 0 Å². The van der Waals surface area contributed by atoms with Crippen molar-refractivity contribution >= 4 is 17.7 Å². The van der Waals surface area contributed by atoms with Crippen molar-refractivity contribution in [1.82, 2.24) is 5.32 Å². The molecule has 2 aromatic rings. The predicted molar refractivity (Wildman–Crippen MR) is 106 cm³/mol. The molecular weight excluding hydrogens is 344 g/mol. The highest BCUT2D eigenvalue weighted by Crippen LogP contribution is 2.25. The van der Waals surface area contributed by atoms with Crippen LogP contribution in [-0.4, -0.2) is 31.8 Å². The quantitative estimate of drug-likeness (QED) is 0.571. The zero-order valence-electron chi connectivity index (χ0n) is 16.2. The maximum atomic E-state index is 12.0. The molecule has 0 aliphatic heterocycles. The summed E-state index contributed by atoms with van der Waals surface area (Å²) in [6.45, 7) is 8.90. The van der Waals surface area contributed by atoms with Crippen molar-refractivity contribution in [2.45, 2.75) is 27.7 Å². The predicted octanol–water partition coefficient (Wildman–Crippen LogP) is 3.99. The lowest BCUT2D eigenvalue weighted by Gasteiger charge is -2.14. The van der Waals surface area contributed by atoms with Gasteiger partial charge in [-0.3, -0.25) is 0 Å². The van der Waals surface area contributed by atoms with Gasteiger partial charge in [0.2, 0.25) is 0 Å². The van der Waals surface area contributed by atoms with Crippen LogP contribution < -0.4 is 15.4 Å². The molecule has 2 N–H and O–H groups in total. The lowest BCUT2D eigenvalue weighted by atomic mass is 10.1. The molecule has 0 bridgehead atoms. The standard InChI is InChI=1S/C21H26N2O4/c1-5-26-20(24)17-8-10-18(11-9-17)23-21(25)22-12-13-27-19-15(3)7-6-14(2)16(19)4/h6-11H,5,12-13H2,1-4H3,(H2,22,23,25). The second-order valence-electron chi connectivity index (χ2n) is 6.18. The number of esters is 1. The molecule has 0 unspecified atom stereocenters. The zero-order chi connectivity index (χ0) is 19.8. The number of ether oxygens (including phenoxy) is 2. The number of carbonyl (C=O) groups is 2. The minimum atomic E-state index is -0.382. The largest absolute Gasteiger partial charge is 0.491 e. The number of amides is 2. The summed E-state index contributed by atoms with van der Waals surface area (Å²) < 4.78 is 10.7. The van der Waals surface area contributed by atoms with Gasteiger partial charge in [0.05, 0.1) is 18.7 Å². The summed E-state index contributed by atoms with van der Waals surface area (Å²) in [5.74, 6) is 0.485. The first-order valence-corrected chi connectivity index (χ1v) is 8.94. The topological polar surface area (TPSA) is 76.7 Å². The number of urea groups is 1. The van der Waals surface area contributed by atoms with E-state index in [-0.39, 0.29) is 12.0 Å². The number of hydrogen-bond acceptors (Lipinski definition) is 4. The van der Waals surface area contributed by atoms with E-state index in [2.05, 4.69) is 16.7 Å². The van der Waals surface area contributed by atoms with Gasteiger partial charge >= 0.3 is 12.0 Å². The smallest absolute Gasteiger partial charge is 0.338 e. The highest BCUT2D eigenvalue weighted by molar-refractivity contribution is 5.92. The Bertz CT molecular complexity index is 801. The van der Waals surface area contributed by atoms with E-state index in [1.165, 1.54) is 5.56 Å². The van der Waals surface area contributed by atoms with Gasteiger partial charge in [-0.15, -0.1) is 0 Å². The highest BCUT2D eigenvalue weighted by Gasteiger charge is 2.08. The molecule has 2 rings (SSSR count). The Morgan fingerprint density at radius 3 is 2.30 bits per heavy atom. The summed E-state index contributed by atoms with van der Waals surface area (Å²) in [6.07, 6.45) is 0. The molecular formula is C21H26N2O4. The fraction of sp³-hybridized carbons (Fsp3) is 0.333. The first-order chi connectivity index (χ1) is 12.9. The number of hydrogen-bond donors (Lipinski definition) is 2. The van der Waals surface area contributed by atoms with Crippen LogP contribution in [0.25, 0.3) is 0 Å². The fourth-order valence-corrected chi connectivity index (χ4v) is 2.54. The van der Waals surface area contributed by atoms with Crippen LogP contribution in [0.1, 0.15) is 34.0 Å². The Labute approximate surface area is 159 Å². The molecule has 0 atom stereocenters. The van der Waals surface area contributed by atoms with Crippen LogP contribution in [0.3, 0.4) is 0 Å². The molecule has 2 amide bonds. The second-order valence-corrected chi connectivity index (χ2v) is 6.18. The van der Waals surface area contributed by atoms with E-state index in [1.807, 2.05) is 26.8 Å². The number of nitrogens with one attached hydrogen (secondary N) is 2. The van der Waals surface area contributed by atoms with Crippen molar-refractivity contribution in [3.8, 4) is 5.75 Å². The summed E-state index contributed by atoms with van der Waals surface area (Å²) in [4.78, 5) is 23.6. The molecule has 0 heterocycles. The van der Waals surface area contributed by atoms with Crippen molar-refractivity contribution in [3.63, 3.8) is 0 Å². The monoisotopic (exact) mass is 370 g/mol. The van der Waals surface area contributed by atoms with E-state index in [1.54, 1.807) is 31.2 Å². The summed E-state index contributed by atoms with van der Waals surface area (Å²) in [7, 11) is 0. The van der Waals surface area contributed by atoms with E-state index < -0.39 is 0 Å². The van der Waals surface area contributed by atoms with Gasteiger partial charge < -0.3 is 20.1 Å². The molecule has 0 fully saturated rings. The number of anilines is 1. The van der Waals surface area contributed by atoms with Gasteiger partial charge in [0.15, 0.2) is 0 Å². The summed E-state index contributed by atoms with van der Waals surface area (Å²) >= 11 is 0. The maximum absolute atomic E-state index is 12.0. The Morgan fingerprint density at radius 2 is 1.63 bits per heavy atom. The van der Waals surface area contributed by atoms with Crippen LogP contribution in [-0.2, 0) is 4.74 Å². The molecule has 27 heavy (non-hydrogen) atoms. The second kappa shape index (κ2) is 9.62. The molecule has 6 heteroatoms. The first-order valence-electron chi connectivity index (χ1n) is 8.94.